The molecule has 0 spiro atoms. The minimum atomic E-state index is -3.92. The summed E-state index contributed by atoms with van der Waals surface area (Å²) in [5, 5.41) is 5.07. The van der Waals surface area contributed by atoms with Crippen LogP contribution in [-0.2, 0) is 10.0 Å². The number of hydrogen-bond donors (Lipinski definition) is 2. The number of nitrogens with zero attached hydrogens (tertiary/aromatic N) is 1. The molecule has 1 heterocycles. The van der Waals surface area contributed by atoms with Gasteiger partial charge in [0, 0.05) is 22.2 Å². The van der Waals surface area contributed by atoms with Gasteiger partial charge < -0.3 is 0 Å². The molecule has 0 aliphatic rings. The molecule has 0 unspecified atom stereocenters. The molecule has 0 bridgehead atoms. The van der Waals surface area contributed by atoms with E-state index < -0.39 is 21.7 Å². The van der Waals surface area contributed by atoms with E-state index in [4.69, 9.17) is 0 Å². The molecule has 0 saturated carbocycles. The van der Waals surface area contributed by atoms with E-state index in [-0.39, 0.29) is 16.1 Å². The van der Waals surface area contributed by atoms with Crippen molar-refractivity contribution < 1.29 is 17.6 Å². The quantitative estimate of drug-likeness (QED) is 0.374. The van der Waals surface area contributed by atoms with Crippen LogP contribution in [0.3, 0.4) is 0 Å². The SMILES string of the molecule is Cc1ccc(-c2csc(NC(=O)c3cccc(NS(=O)(=O)c4ccc(F)cc4)c3)n2)c(C)c1. The van der Waals surface area contributed by atoms with Gasteiger partial charge in [-0.25, -0.2) is 17.8 Å². The second-order valence-electron chi connectivity index (χ2n) is 7.45. The number of carbonyl (C=O) groups is 1. The monoisotopic (exact) mass is 481 g/mol. The Hall–Kier alpha value is -3.56. The van der Waals surface area contributed by atoms with E-state index in [9.17, 15) is 17.6 Å². The van der Waals surface area contributed by atoms with Gasteiger partial charge in [-0.05, 0) is 61.9 Å². The number of rotatable bonds is 6. The highest BCUT2D eigenvalue weighted by Gasteiger charge is 2.16. The van der Waals surface area contributed by atoms with E-state index in [0.717, 1.165) is 34.5 Å². The number of nitrogens with one attached hydrogen (secondary N) is 2. The molecule has 1 amide bonds. The molecule has 3 aromatic carbocycles. The fraction of sp³-hybridized carbons (Fsp3) is 0.0833. The van der Waals surface area contributed by atoms with Crippen LogP contribution < -0.4 is 10.0 Å². The third kappa shape index (κ3) is 5.27. The number of amides is 1. The zero-order valence-corrected chi connectivity index (χ0v) is 19.4. The van der Waals surface area contributed by atoms with Gasteiger partial charge in [0.05, 0.1) is 10.6 Å². The molecule has 9 heteroatoms. The van der Waals surface area contributed by atoms with E-state index in [1.807, 2.05) is 31.4 Å². The van der Waals surface area contributed by atoms with Crippen molar-refractivity contribution in [3.63, 3.8) is 0 Å². The van der Waals surface area contributed by atoms with Crippen LogP contribution in [0.2, 0.25) is 0 Å². The molecule has 0 fully saturated rings. The van der Waals surface area contributed by atoms with Crippen LogP contribution in [0.4, 0.5) is 15.2 Å². The predicted octanol–water partition coefficient (Wildman–Crippen LogP) is 5.62. The molecule has 0 atom stereocenters. The van der Waals surface area contributed by atoms with Crippen LogP contribution >= 0.6 is 11.3 Å². The van der Waals surface area contributed by atoms with Crippen molar-refractivity contribution >= 4 is 38.1 Å². The number of aromatic nitrogens is 1. The summed E-state index contributed by atoms with van der Waals surface area (Å²) in [6, 6.07) is 16.7. The molecule has 4 rings (SSSR count). The van der Waals surface area contributed by atoms with E-state index in [2.05, 4.69) is 21.1 Å². The van der Waals surface area contributed by atoms with Crippen molar-refractivity contribution in [3.8, 4) is 11.3 Å². The van der Waals surface area contributed by atoms with Gasteiger partial charge in [0.1, 0.15) is 5.82 Å². The molecule has 0 aliphatic carbocycles. The van der Waals surface area contributed by atoms with Gasteiger partial charge in [-0.2, -0.15) is 0 Å². The van der Waals surface area contributed by atoms with E-state index in [1.165, 1.54) is 35.6 Å². The Morgan fingerprint density at radius 1 is 1.00 bits per heavy atom. The van der Waals surface area contributed by atoms with Gasteiger partial charge in [0.2, 0.25) is 0 Å². The lowest BCUT2D eigenvalue weighted by Gasteiger charge is -2.09. The average Bonchev–Trinajstić information content (AvgIpc) is 3.22. The van der Waals surface area contributed by atoms with Crippen molar-refractivity contribution in [2.75, 3.05) is 10.0 Å². The maximum absolute atomic E-state index is 13.1. The summed E-state index contributed by atoms with van der Waals surface area (Å²) in [7, 11) is -3.92. The lowest BCUT2D eigenvalue weighted by molar-refractivity contribution is 0.102. The van der Waals surface area contributed by atoms with Gasteiger partial charge in [-0.15, -0.1) is 11.3 Å². The summed E-state index contributed by atoms with van der Waals surface area (Å²) in [6.07, 6.45) is 0. The van der Waals surface area contributed by atoms with Crippen LogP contribution in [0.15, 0.2) is 77.0 Å². The molecule has 168 valence electrons. The highest BCUT2D eigenvalue weighted by molar-refractivity contribution is 7.92. The summed E-state index contributed by atoms with van der Waals surface area (Å²) < 4.78 is 40.6. The van der Waals surface area contributed by atoms with Crippen LogP contribution in [-0.4, -0.2) is 19.3 Å². The Bertz CT molecular complexity index is 1430. The molecule has 6 nitrogen and oxygen atoms in total. The molecule has 33 heavy (non-hydrogen) atoms. The zero-order valence-electron chi connectivity index (χ0n) is 17.8. The average molecular weight is 482 g/mol. The summed E-state index contributed by atoms with van der Waals surface area (Å²) in [4.78, 5) is 17.2. The number of carbonyl (C=O) groups excluding carboxylic acids is 1. The van der Waals surface area contributed by atoms with Gasteiger partial charge >= 0.3 is 0 Å². The molecule has 0 aliphatic heterocycles. The second-order valence-corrected chi connectivity index (χ2v) is 9.99. The van der Waals surface area contributed by atoms with Crippen LogP contribution in [0.25, 0.3) is 11.3 Å². The third-order valence-electron chi connectivity index (χ3n) is 4.88. The highest BCUT2D eigenvalue weighted by Crippen LogP contribution is 2.28. The van der Waals surface area contributed by atoms with Crippen LogP contribution in [0.1, 0.15) is 21.5 Å². The summed E-state index contributed by atoms with van der Waals surface area (Å²) in [5.41, 5.74) is 4.50. The summed E-state index contributed by atoms with van der Waals surface area (Å²) in [5.74, 6) is -0.949. The Kier molecular flexibility index (Phi) is 6.26. The number of hydrogen-bond acceptors (Lipinski definition) is 5. The van der Waals surface area contributed by atoms with Gasteiger partial charge in [-0.1, -0.05) is 29.8 Å². The third-order valence-corrected chi connectivity index (χ3v) is 7.04. The first-order valence-corrected chi connectivity index (χ1v) is 12.3. The van der Waals surface area contributed by atoms with Gasteiger partial charge in [-0.3, -0.25) is 14.8 Å². The van der Waals surface area contributed by atoms with E-state index in [1.54, 1.807) is 12.1 Å². The number of sulfonamides is 1. The topological polar surface area (TPSA) is 88.2 Å². The Morgan fingerprint density at radius 3 is 2.48 bits per heavy atom. The molecule has 4 aromatic rings. The molecule has 1 aromatic heterocycles. The molecule has 0 saturated heterocycles. The van der Waals surface area contributed by atoms with E-state index >= 15 is 0 Å². The molecular formula is C24H20FN3O3S2. The van der Waals surface area contributed by atoms with Crippen molar-refractivity contribution in [3.05, 3.63) is 94.6 Å². The Balaban J connectivity index is 1.49. The lowest BCUT2D eigenvalue weighted by atomic mass is 10.0. The minimum Gasteiger partial charge on any atom is -0.298 e. The molecule has 0 radical (unpaired) electrons. The number of aryl methyl sites for hydroxylation is 2. The zero-order chi connectivity index (χ0) is 23.6. The fourth-order valence-electron chi connectivity index (χ4n) is 3.28. The van der Waals surface area contributed by atoms with Crippen molar-refractivity contribution in [1.29, 1.82) is 0 Å². The van der Waals surface area contributed by atoms with Crippen molar-refractivity contribution in [2.45, 2.75) is 18.7 Å². The first-order valence-electron chi connectivity index (χ1n) is 9.94. The van der Waals surface area contributed by atoms with Crippen molar-refractivity contribution in [2.24, 2.45) is 0 Å². The van der Waals surface area contributed by atoms with Crippen LogP contribution in [0, 0.1) is 19.7 Å². The minimum absolute atomic E-state index is 0.0829. The standard InChI is InChI=1S/C24H20FN3O3S2/c1-15-6-11-21(16(2)12-15)22-14-32-24(26-22)27-23(29)17-4-3-5-19(13-17)28-33(30,31)20-9-7-18(25)8-10-20/h3-14,28H,1-2H3,(H,26,27,29). The number of anilines is 2. The number of benzene rings is 3. The Labute approximate surface area is 195 Å². The maximum atomic E-state index is 13.1. The first kappa shape index (κ1) is 22.6. The summed E-state index contributed by atoms with van der Waals surface area (Å²) >= 11 is 1.31. The normalized spacial score (nSPS) is 11.2. The lowest BCUT2D eigenvalue weighted by Crippen LogP contribution is -2.15. The molecular weight excluding hydrogens is 461 g/mol. The first-order chi connectivity index (χ1) is 15.7. The predicted molar refractivity (Wildman–Crippen MR) is 129 cm³/mol. The number of thiazole rings is 1. The maximum Gasteiger partial charge on any atom is 0.261 e. The largest absolute Gasteiger partial charge is 0.298 e. The van der Waals surface area contributed by atoms with E-state index in [0.29, 0.717) is 5.13 Å². The fourth-order valence-corrected chi connectivity index (χ4v) is 5.03. The number of halogens is 1. The van der Waals surface area contributed by atoms with Gasteiger partial charge in [0.15, 0.2) is 5.13 Å². The Morgan fingerprint density at radius 2 is 1.76 bits per heavy atom. The smallest absolute Gasteiger partial charge is 0.261 e. The highest BCUT2D eigenvalue weighted by atomic mass is 32.2. The molecule has 2 N–H and O–H groups in total. The van der Waals surface area contributed by atoms with Crippen molar-refractivity contribution in [1.82, 2.24) is 4.98 Å². The second kappa shape index (κ2) is 9.13. The summed E-state index contributed by atoms with van der Waals surface area (Å²) in [6.45, 7) is 4.04. The van der Waals surface area contributed by atoms with Gasteiger partial charge in [0.25, 0.3) is 15.9 Å². The van der Waals surface area contributed by atoms with Crippen LogP contribution in [0.5, 0.6) is 0 Å².